The molecular weight excluding hydrogens is 364 g/mol. The van der Waals surface area contributed by atoms with E-state index in [0.29, 0.717) is 50.0 Å². The molecule has 0 aromatic heterocycles. The molecule has 0 bridgehead atoms. The Kier molecular flexibility index (Phi) is 7.96. The van der Waals surface area contributed by atoms with Crippen molar-refractivity contribution >= 4 is 21.8 Å². The lowest BCUT2D eigenvalue weighted by Gasteiger charge is -2.34. The van der Waals surface area contributed by atoms with Crippen LogP contribution in [-0.4, -0.2) is 64.0 Å². The Hall–Kier alpha value is -0.860. The summed E-state index contributed by atoms with van der Waals surface area (Å²) in [5.74, 6) is 0.888. The summed E-state index contributed by atoms with van der Waals surface area (Å²) < 4.78 is 39.2. The van der Waals surface area contributed by atoms with Crippen molar-refractivity contribution in [1.29, 1.82) is 0 Å². The Bertz CT molecular complexity index is 639. The summed E-state index contributed by atoms with van der Waals surface area (Å²) in [6.07, 6.45) is 2.47. The summed E-state index contributed by atoms with van der Waals surface area (Å²) in [4.78, 5) is 0. The average molecular weight is 391 g/mol. The highest BCUT2D eigenvalue weighted by Crippen LogP contribution is 2.23. The first kappa shape index (κ1) is 20.5. The van der Waals surface area contributed by atoms with E-state index in [0.717, 1.165) is 12.8 Å². The third-order valence-corrected chi connectivity index (χ3v) is 6.58. The quantitative estimate of drug-likeness (QED) is 0.608. The van der Waals surface area contributed by atoms with Crippen LogP contribution in [-0.2, 0) is 14.9 Å². The van der Waals surface area contributed by atoms with Crippen LogP contribution >= 0.6 is 11.6 Å². The predicted octanol–water partition coefficient (Wildman–Crippen LogP) is 2.64. The van der Waals surface area contributed by atoms with Gasteiger partial charge in [-0.2, -0.15) is 17.0 Å². The van der Waals surface area contributed by atoms with Crippen LogP contribution in [0.2, 0.25) is 5.02 Å². The van der Waals surface area contributed by atoms with Crippen molar-refractivity contribution in [2.24, 2.45) is 5.92 Å². The van der Waals surface area contributed by atoms with Crippen LogP contribution in [0.4, 0.5) is 0 Å². The number of rotatable bonds is 9. The molecule has 0 spiro atoms. The zero-order chi connectivity index (χ0) is 18.3. The summed E-state index contributed by atoms with van der Waals surface area (Å²) >= 11 is 6.03. The SMILES string of the molecule is COCC1CCCN(S(=O)(=O)N(C)CCCOc2ccccc2Cl)C1. The van der Waals surface area contributed by atoms with Gasteiger partial charge in [-0.3, -0.25) is 0 Å². The number of nitrogens with zero attached hydrogens (tertiary/aromatic N) is 2. The lowest BCUT2D eigenvalue weighted by atomic mass is 10.0. The Morgan fingerprint density at radius 3 is 2.84 bits per heavy atom. The van der Waals surface area contributed by atoms with Crippen molar-refractivity contribution in [3.8, 4) is 5.75 Å². The molecule has 0 N–H and O–H groups in total. The zero-order valence-corrected chi connectivity index (χ0v) is 16.4. The molecule has 0 saturated carbocycles. The van der Waals surface area contributed by atoms with E-state index in [1.165, 1.54) is 4.31 Å². The maximum Gasteiger partial charge on any atom is 0.281 e. The highest BCUT2D eigenvalue weighted by atomic mass is 35.5. The topological polar surface area (TPSA) is 59.1 Å². The summed E-state index contributed by atoms with van der Waals surface area (Å²) in [6.45, 7) is 2.51. The van der Waals surface area contributed by atoms with E-state index in [1.807, 2.05) is 12.1 Å². The molecule has 6 nitrogen and oxygen atoms in total. The highest BCUT2D eigenvalue weighted by molar-refractivity contribution is 7.86. The van der Waals surface area contributed by atoms with Crippen LogP contribution in [0, 0.1) is 5.92 Å². The van der Waals surface area contributed by atoms with Crippen molar-refractivity contribution in [2.75, 3.05) is 47.0 Å². The Labute approximate surface area is 155 Å². The van der Waals surface area contributed by atoms with Gasteiger partial charge in [0.1, 0.15) is 5.75 Å². The first-order chi connectivity index (χ1) is 11.9. The fourth-order valence-electron chi connectivity index (χ4n) is 2.95. The molecule has 1 heterocycles. The Morgan fingerprint density at radius 1 is 1.36 bits per heavy atom. The molecule has 2 rings (SSSR count). The van der Waals surface area contributed by atoms with E-state index in [1.54, 1.807) is 30.6 Å². The summed E-state index contributed by atoms with van der Waals surface area (Å²) in [6, 6.07) is 7.25. The summed E-state index contributed by atoms with van der Waals surface area (Å²) in [7, 11) is -0.170. The van der Waals surface area contributed by atoms with Crippen LogP contribution in [0.15, 0.2) is 24.3 Å². The molecule has 1 aliphatic heterocycles. The van der Waals surface area contributed by atoms with Gasteiger partial charge in [0.2, 0.25) is 0 Å². The molecule has 25 heavy (non-hydrogen) atoms. The number of hydrogen-bond acceptors (Lipinski definition) is 4. The van der Waals surface area contributed by atoms with Crippen molar-refractivity contribution in [3.05, 3.63) is 29.3 Å². The molecule has 0 aliphatic carbocycles. The third-order valence-electron chi connectivity index (χ3n) is 4.32. The van der Waals surface area contributed by atoms with Crippen molar-refractivity contribution in [2.45, 2.75) is 19.3 Å². The van der Waals surface area contributed by atoms with E-state index in [4.69, 9.17) is 21.1 Å². The van der Waals surface area contributed by atoms with Gasteiger partial charge in [0.25, 0.3) is 10.2 Å². The molecule has 1 aromatic rings. The zero-order valence-electron chi connectivity index (χ0n) is 14.9. The van der Waals surface area contributed by atoms with Crippen LogP contribution in [0.1, 0.15) is 19.3 Å². The van der Waals surface area contributed by atoms with E-state index in [2.05, 4.69) is 0 Å². The van der Waals surface area contributed by atoms with Crippen LogP contribution in [0.25, 0.3) is 0 Å². The first-order valence-electron chi connectivity index (χ1n) is 8.53. The second-order valence-electron chi connectivity index (χ2n) is 6.28. The largest absolute Gasteiger partial charge is 0.492 e. The third kappa shape index (κ3) is 5.82. The number of hydrogen-bond donors (Lipinski definition) is 0. The molecule has 1 aliphatic rings. The van der Waals surface area contributed by atoms with Crippen molar-refractivity contribution in [1.82, 2.24) is 8.61 Å². The minimum absolute atomic E-state index is 0.269. The van der Waals surface area contributed by atoms with Crippen LogP contribution in [0.5, 0.6) is 5.75 Å². The van der Waals surface area contributed by atoms with Crippen LogP contribution in [0.3, 0.4) is 0 Å². The molecular formula is C17H27ClN2O4S. The number of piperidine rings is 1. The monoisotopic (exact) mass is 390 g/mol. The second-order valence-corrected chi connectivity index (χ2v) is 8.73. The molecule has 1 fully saturated rings. The first-order valence-corrected chi connectivity index (χ1v) is 10.3. The molecule has 1 atom stereocenters. The average Bonchev–Trinajstić information content (AvgIpc) is 2.60. The minimum atomic E-state index is -3.44. The van der Waals surface area contributed by atoms with E-state index in [9.17, 15) is 8.42 Å². The van der Waals surface area contributed by atoms with E-state index < -0.39 is 10.2 Å². The minimum Gasteiger partial charge on any atom is -0.492 e. The maximum absolute atomic E-state index is 12.7. The lowest BCUT2D eigenvalue weighted by molar-refractivity contribution is 0.116. The van der Waals surface area contributed by atoms with Gasteiger partial charge in [0, 0.05) is 33.8 Å². The van der Waals surface area contributed by atoms with Gasteiger partial charge in [-0.05, 0) is 37.3 Å². The van der Waals surface area contributed by atoms with Gasteiger partial charge in [0.05, 0.1) is 18.2 Å². The van der Waals surface area contributed by atoms with Gasteiger partial charge in [-0.25, -0.2) is 0 Å². The van der Waals surface area contributed by atoms with Crippen molar-refractivity contribution in [3.63, 3.8) is 0 Å². The molecule has 1 unspecified atom stereocenters. The van der Waals surface area contributed by atoms with Gasteiger partial charge < -0.3 is 9.47 Å². The van der Waals surface area contributed by atoms with Gasteiger partial charge in [-0.15, -0.1) is 0 Å². The van der Waals surface area contributed by atoms with Crippen molar-refractivity contribution < 1.29 is 17.9 Å². The molecule has 0 radical (unpaired) electrons. The number of methoxy groups -OCH3 is 1. The molecule has 8 heteroatoms. The Morgan fingerprint density at radius 2 is 2.12 bits per heavy atom. The molecule has 0 amide bonds. The molecule has 1 saturated heterocycles. The smallest absolute Gasteiger partial charge is 0.281 e. The molecule has 1 aromatic carbocycles. The number of para-hydroxylation sites is 1. The molecule has 142 valence electrons. The summed E-state index contributed by atoms with van der Waals surface area (Å²) in [5, 5.41) is 0.556. The van der Waals surface area contributed by atoms with E-state index in [-0.39, 0.29) is 5.92 Å². The fourth-order valence-corrected chi connectivity index (χ4v) is 4.66. The van der Waals surface area contributed by atoms with Gasteiger partial charge in [-0.1, -0.05) is 23.7 Å². The lowest BCUT2D eigenvalue weighted by Crippen LogP contribution is -2.47. The number of ether oxygens (including phenoxy) is 2. The normalized spacial score (nSPS) is 19.3. The summed E-state index contributed by atoms with van der Waals surface area (Å²) in [5.41, 5.74) is 0. The standard InChI is InChI=1S/C17H27ClN2O4S/c1-19(10-6-12-24-17-9-4-3-8-16(17)18)25(21,22)20-11-5-7-15(13-20)14-23-2/h3-4,8-9,15H,5-7,10-14H2,1-2H3. The fraction of sp³-hybridized carbons (Fsp3) is 0.647. The maximum atomic E-state index is 12.7. The van der Waals surface area contributed by atoms with Crippen LogP contribution < -0.4 is 4.74 Å². The Balaban J connectivity index is 1.80. The number of benzene rings is 1. The second kappa shape index (κ2) is 9.73. The van der Waals surface area contributed by atoms with E-state index >= 15 is 0 Å². The highest BCUT2D eigenvalue weighted by Gasteiger charge is 2.31. The number of halogens is 1. The predicted molar refractivity (Wildman–Crippen MR) is 99.3 cm³/mol. The van der Waals surface area contributed by atoms with Gasteiger partial charge in [0.15, 0.2) is 0 Å². The van der Waals surface area contributed by atoms with Gasteiger partial charge >= 0.3 is 0 Å².